The van der Waals surface area contributed by atoms with Crippen molar-refractivity contribution >= 4 is 27.5 Å². The zero-order valence-electron chi connectivity index (χ0n) is 13.1. The summed E-state index contributed by atoms with van der Waals surface area (Å²) in [6, 6.07) is 11.3. The molecule has 0 unspecified atom stereocenters. The molecule has 22 heavy (non-hydrogen) atoms. The van der Waals surface area contributed by atoms with E-state index in [1.54, 1.807) is 12.1 Å². The number of ether oxygens (including phenoxy) is 1. The SMILES string of the molecule is CCCOc1ccc(C(=O)Nc2ccc(C)c(C)c2)cc1Br. The fraction of sp³-hybridized carbons (Fsp3) is 0.278. The molecule has 0 heterocycles. The van der Waals surface area contributed by atoms with Crippen molar-refractivity contribution in [3.63, 3.8) is 0 Å². The van der Waals surface area contributed by atoms with Crippen LogP contribution in [0.2, 0.25) is 0 Å². The van der Waals surface area contributed by atoms with E-state index in [1.807, 2.05) is 38.1 Å². The van der Waals surface area contributed by atoms with Crippen LogP contribution < -0.4 is 10.1 Å². The van der Waals surface area contributed by atoms with Gasteiger partial charge in [-0.25, -0.2) is 0 Å². The predicted octanol–water partition coefficient (Wildman–Crippen LogP) is 5.11. The van der Waals surface area contributed by atoms with Gasteiger partial charge in [-0.2, -0.15) is 0 Å². The van der Waals surface area contributed by atoms with Gasteiger partial charge in [0.05, 0.1) is 11.1 Å². The molecule has 0 radical (unpaired) electrons. The normalized spacial score (nSPS) is 10.4. The van der Waals surface area contributed by atoms with E-state index in [-0.39, 0.29) is 5.91 Å². The molecule has 0 aliphatic carbocycles. The molecule has 0 aliphatic heterocycles. The maximum Gasteiger partial charge on any atom is 0.255 e. The first-order chi connectivity index (χ1) is 10.5. The molecule has 2 aromatic rings. The third-order valence-electron chi connectivity index (χ3n) is 3.42. The van der Waals surface area contributed by atoms with E-state index in [2.05, 4.69) is 28.2 Å². The molecule has 2 rings (SSSR count). The molecule has 1 amide bonds. The van der Waals surface area contributed by atoms with E-state index in [0.29, 0.717) is 12.2 Å². The molecule has 1 N–H and O–H groups in total. The van der Waals surface area contributed by atoms with E-state index in [1.165, 1.54) is 5.56 Å². The first-order valence-electron chi connectivity index (χ1n) is 7.32. The molecule has 0 aromatic heterocycles. The van der Waals surface area contributed by atoms with Crippen LogP contribution in [0.4, 0.5) is 5.69 Å². The lowest BCUT2D eigenvalue weighted by molar-refractivity contribution is 0.102. The van der Waals surface area contributed by atoms with Crippen molar-refractivity contribution in [2.75, 3.05) is 11.9 Å². The number of hydrogen-bond acceptors (Lipinski definition) is 2. The van der Waals surface area contributed by atoms with E-state index >= 15 is 0 Å². The van der Waals surface area contributed by atoms with Gasteiger partial charge in [0, 0.05) is 11.3 Å². The van der Waals surface area contributed by atoms with Gasteiger partial charge in [-0.1, -0.05) is 13.0 Å². The topological polar surface area (TPSA) is 38.3 Å². The van der Waals surface area contributed by atoms with E-state index in [0.717, 1.165) is 27.9 Å². The monoisotopic (exact) mass is 361 g/mol. The van der Waals surface area contributed by atoms with E-state index in [4.69, 9.17) is 4.74 Å². The minimum Gasteiger partial charge on any atom is -0.492 e. The number of rotatable bonds is 5. The summed E-state index contributed by atoms with van der Waals surface area (Å²) < 4.78 is 6.38. The maximum atomic E-state index is 12.3. The second kappa shape index (κ2) is 7.45. The molecule has 0 atom stereocenters. The second-order valence-electron chi connectivity index (χ2n) is 5.25. The van der Waals surface area contributed by atoms with Crippen LogP contribution in [0.1, 0.15) is 34.8 Å². The maximum absolute atomic E-state index is 12.3. The fourth-order valence-corrected chi connectivity index (χ4v) is 2.49. The summed E-state index contributed by atoms with van der Waals surface area (Å²) in [5.41, 5.74) is 3.75. The number of aryl methyl sites for hydroxylation is 2. The van der Waals surface area contributed by atoms with Crippen molar-refractivity contribution < 1.29 is 9.53 Å². The Labute approximate surface area is 139 Å². The number of nitrogens with one attached hydrogen (secondary N) is 1. The van der Waals surface area contributed by atoms with Gasteiger partial charge in [0.25, 0.3) is 5.91 Å². The van der Waals surface area contributed by atoms with Crippen LogP contribution in [0.3, 0.4) is 0 Å². The molecule has 0 aliphatic rings. The number of carbonyl (C=O) groups is 1. The van der Waals surface area contributed by atoms with E-state index < -0.39 is 0 Å². The standard InChI is InChI=1S/C18H20BrNO2/c1-4-9-22-17-8-6-14(11-16(17)19)18(21)20-15-7-5-12(2)13(3)10-15/h5-8,10-11H,4,9H2,1-3H3,(H,20,21). The van der Waals surface area contributed by atoms with Crippen LogP contribution in [-0.4, -0.2) is 12.5 Å². The van der Waals surface area contributed by atoms with Crippen LogP contribution in [0.5, 0.6) is 5.75 Å². The Morgan fingerprint density at radius 1 is 1.14 bits per heavy atom. The molecule has 4 heteroatoms. The number of amides is 1. The average Bonchev–Trinajstić information content (AvgIpc) is 2.49. The van der Waals surface area contributed by atoms with Crippen molar-refractivity contribution in [1.82, 2.24) is 0 Å². The summed E-state index contributed by atoms with van der Waals surface area (Å²) in [5, 5.41) is 2.92. The number of anilines is 1. The van der Waals surface area contributed by atoms with Gasteiger partial charge in [0.2, 0.25) is 0 Å². The van der Waals surface area contributed by atoms with Crippen LogP contribution >= 0.6 is 15.9 Å². The Bertz CT molecular complexity index is 683. The number of hydrogen-bond donors (Lipinski definition) is 1. The molecule has 0 saturated carbocycles. The summed E-state index contributed by atoms with van der Waals surface area (Å²) in [7, 11) is 0. The van der Waals surface area contributed by atoms with Crippen LogP contribution in [0, 0.1) is 13.8 Å². The minimum atomic E-state index is -0.133. The summed E-state index contributed by atoms with van der Waals surface area (Å²) in [6.07, 6.45) is 0.946. The van der Waals surface area contributed by atoms with Crippen LogP contribution in [0.15, 0.2) is 40.9 Å². The lowest BCUT2D eigenvalue weighted by atomic mass is 10.1. The third kappa shape index (κ3) is 4.10. The smallest absolute Gasteiger partial charge is 0.255 e. The molecule has 116 valence electrons. The Hall–Kier alpha value is -1.81. The highest BCUT2D eigenvalue weighted by molar-refractivity contribution is 9.10. The molecular weight excluding hydrogens is 342 g/mol. The third-order valence-corrected chi connectivity index (χ3v) is 4.04. The van der Waals surface area contributed by atoms with Crippen molar-refractivity contribution in [2.45, 2.75) is 27.2 Å². The first-order valence-corrected chi connectivity index (χ1v) is 8.11. The first kappa shape index (κ1) is 16.6. The molecule has 0 bridgehead atoms. The van der Waals surface area contributed by atoms with E-state index in [9.17, 15) is 4.79 Å². The number of carbonyl (C=O) groups excluding carboxylic acids is 1. The molecule has 0 saturated heterocycles. The van der Waals surface area contributed by atoms with Gasteiger partial charge < -0.3 is 10.1 Å². The van der Waals surface area contributed by atoms with Gasteiger partial charge in [-0.3, -0.25) is 4.79 Å². The molecule has 0 spiro atoms. The molecular formula is C18H20BrNO2. The average molecular weight is 362 g/mol. The predicted molar refractivity (Wildman–Crippen MR) is 93.8 cm³/mol. The van der Waals surface area contributed by atoms with Crippen molar-refractivity contribution in [3.05, 3.63) is 57.6 Å². The van der Waals surface area contributed by atoms with Crippen LogP contribution in [-0.2, 0) is 0 Å². The highest BCUT2D eigenvalue weighted by atomic mass is 79.9. The van der Waals surface area contributed by atoms with Gasteiger partial charge in [-0.15, -0.1) is 0 Å². The second-order valence-corrected chi connectivity index (χ2v) is 6.10. The van der Waals surface area contributed by atoms with Gasteiger partial charge in [0.1, 0.15) is 5.75 Å². The van der Waals surface area contributed by atoms with Crippen LogP contribution in [0.25, 0.3) is 0 Å². The van der Waals surface area contributed by atoms with Crippen molar-refractivity contribution in [2.24, 2.45) is 0 Å². The summed E-state index contributed by atoms with van der Waals surface area (Å²) in [5.74, 6) is 0.621. The number of halogens is 1. The van der Waals surface area contributed by atoms with Gasteiger partial charge in [0.15, 0.2) is 0 Å². The Morgan fingerprint density at radius 2 is 1.91 bits per heavy atom. The lowest BCUT2D eigenvalue weighted by Gasteiger charge is -2.10. The largest absolute Gasteiger partial charge is 0.492 e. The summed E-state index contributed by atoms with van der Waals surface area (Å²) in [4.78, 5) is 12.3. The summed E-state index contributed by atoms with van der Waals surface area (Å²) in [6.45, 7) is 6.79. The van der Waals surface area contributed by atoms with Gasteiger partial charge in [-0.05, 0) is 77.7 Å². The Morgan fingerprint density at radius 3 is 2.55 bits per heavy atom. The quantitative estimate of drug-likeness (QED) is 0.803. The van der Waals surface area contributed by atoms with Crippen molar-refractivity contribution in [1.29, 1.82) is 0 Å². The zero-order chi connectivity index (χ0) is 16.1. The molecule has 3 nitrogen and oxygen atoms in total. The summed E-state index contributed by atoms with van der Waals surface area (Å²) >= 11 is 3.45. The minimum absolute atomic E-state index is 0.133. The lowest BCUT2D eigenvalue weighted by Crippen LogP contribution is -2.12. The fourth-order valence-electron chi connectivity index (χ4n) is 1.99. The highest BCUT2D eigenvalue weighted by Crippen LogP contribution is 2.26. The van der Waals surface area contributed by atoms with Crippen molar-refractivity contribution in [3.8, 4) is 5.75 Å². The Kier molecular flexibility index (Phi) is 5.61. The highest BCUT2D eigenvalue weighted by Gasteiger charge is 2.10. The zero-order valence-corrected chi connectivity index (χ0v) is 14.7. The van der Waals surface area contributed by atoms with Gasteiger partial charge >= 0.3 is 0 Å². The molecule has 0 fully saturated rings. The Balaban J connectivity index is 2.12. The molecule has 2 aromatic carbocycles. The number of benzene rings is 2.